The van der Waals surface area contributed by atoms with Crippen molar-refractivity contribution in [2.24, 2.45) is 10.7 Å². The minimum Gasteiger partial charge on any atom is -0.495 e. The highest BCUT2D eigenvalue weighted by atomic mass is 19.1. The zero-order valence-electron chi connectivity index (χ0n) is 26.4. The number of alkyl halides is 1. The van der Waals surface area contributed by atoms with E-state index in [4.69, 9.17) is 35.4 Å². The van der Waals surface area contributed by atoms with Crippen LogP contribution in [0.3, 0.4) is 0 Å². The number of benzene rings is 3. The number of nitrogens with one attached hydrogen (secondary N) is 1. The van der Waals surface area contributed by atoms with Crippen molar-refractivity contribution in [1.82, 2.24) is 10.3 Å². The number of fused-ring (bicyclic) bond motifs is 2. The third-order valence-corrected chi connectivity index (χ3v) is 9.07. The number of anilines is 1. The number of carbonyl (C=O) groups excluding carboxylic acids is 2. The van der Waals surface area contributed by atoms with E-state index in [1.807, 2.05) is 48.5 Å². The van der Waals surface area contributed by atoms with E-state index < -0.39 is 28.9 Å². The van der Waals surface area contributed by atoms with Gasteiger partial charge in [0.1, 0.15) is 29.2 Å². The number of carbonyl (C=O) groups is 2. The molecule has 2 amide bonds. The lowest BCUT2D eigenvalue weighted by atomic mass is 9.81. The molecule has 1 aliphatic carbocycles. The van der Waals surface area contributed by atoms with Crippen molar-refractivity contribution in [3.05, 3.63) is 94.7 Å². The van der Waals surface area contributed by atoms with Gasteiger partial charge >= 0.3 is 0 Å². The molecular formula is C36H34FN5O6. The Balaban J connectivity index is 1.29. The number of ether oxygens (including phenoxy) is 4. The Morgan fingerprint density at radius 2 is 1.88 bits per heavy atom. The summed E-state index contributed by atoms with van der Waals surface area (Å²) in [4.78, 5) is 35.6. The fraction of sp³-hybridized carbons (Fsp3) is 0.278. The van der Waals surface area contributed by atoms with Crippen LogP contribution < -0.4 is 35.7 Å². The van der Waals surface area contributed by atoms with Gasteiger partial charge < -0.3 is 35.7 Å². The highest BCUT2D eigenvalue weighted by molar-refractivity contribution is 5.99. The van der Waals surface area contributed by atoms with E-state index in [-0.39, 0.29) is 36.9 Å². The van der Waals surface area contributed by atoms with Crippen molar-refractivity contribution in [1.29, 1.82) is 0 Å². The highest BCUT2D eigenvalue weighted by Gasteiger charge is 2.45. The fourth-order valence-corrected chi connectivity index (χ4v) is 5.93. The number of rotatable bonds is 10. The van der Waals surface area contributed by atoms with Gasteiger partial charge in [0.15, 0.2) is 17.3 Å². The van der Waals surface area contributed by atoms with Gasteiger partial charge in [-0.2, -0.15) is 0 Å². The maximum absolute atomic E-state index is 14.3. The molecule has 2 aliphatic heterocycles. The van der Waals surface area contributed by atoms with Gasteiger partial charge in [-0.15, -0.1) is 0 Å². The lowest BCUT2D eigenvalue weighted by molar-refractivity contribution is -0.123. The first-order chi connectivity index (χ1) is 23.1. The summed E-state index contributed by atoms with van der Waals surface area (Å²) in [5.41, 5.74) is 15.1. The van der Waals surface area contributed by atoms with Crippen LogP contribution in [0.15, 0.2) is 71.7 Å². The molecule has 0 unspecified atom stereocenters. The second-order valence-corrected chi connectivity index (χ2v) is 12.3. The van der Waals surface area contributed by atoms with Crippen LogP contribution in [0.4, 0.5) is 10.1 Å². The lowest BCUT2D eigenvalue weighted by Crippen LogP contribution is -2.40. The highest BCUT2D eigenvalue weighted by Crippen LogP contribution is 2.50. The van der Waals surface area contributed by atoms with E-state index in [0.29, 0.717) is 58.2 Å². The van der Waals surface area contributed by atoms with E-state index in [9.17, 15) is 14.0 Å². The van der Waals surface area contributed by atoms with Gasteiger partial charge in [0.2, 0.25) is 12.7 Å². The second-order valence-electron chi connectivity index (χ2n) is 12.3. The maximum atomic E-state index is 14.3. The fourth-order valence-electron chi connectivity index (χ4n) is 5.93. The van der Waals surface area contributed by atoms with Crippen LogP contribution in [-0.4, -0.2) is 55.9 Å². The number of hydrogen-bond donors (Lipinski definition) is 3. The van der Waals surface area contributed by atoms with Crippen molar-refractivity contribution >= 4 is 23.7 Å². The number of halogens is 1. The van der Waals surface area contributed by atoms with E-state index in [0.717, 1.165) is 5.56 Å². The van der Waals surface area contributed by atoms with Crippen LogP contribution in [0.25, 0.3) is 11.3 Å². The molecule has 1 saturated carbocycles. The molecule has 246 valence electrons. The second kappa shape index (κ2) is 11.9. The number of methoxy groups -OCH3 is 1. The molecule has 2 atom stereocenters. The van der Waals surface area contributed by atoms with E-state index >= 15 is 0 Å². The number of nitrogens with two attached hydrogens (primary N) is 2. The zero-order chi connectivity index (χ0) is 33.6. The molecule has 3 aliphatic rings. The number of primary amides is 1. The smallest absolute Gasteiger partial charge is 0.251 e. The Bertz CT molecular complexity index is 1960. The van der Waals surface area contributed by atoms with E-state index in [1.165, 1.54) is 19.4 Å². The van der Waals surface area contributed by atoms with Crippen LogP contribution in [0.2, 0.25) is 0 Å². The van der Waals surface area contributed by atoms with Crippen LogP contribution in [0.1, 0.15) is 58.4 Å². The molecule has 3 heterocycles. The molecular weight excluding hydrogens is 617 g/mol. The molecule has 0 radical (unpaired) electrons. The molecule has 1 aromatic heterocycles. The molecule has 11 nitrogen and oxygen atoms in total. The standard InChI is InChI=1S/C36H34FN5O6/c1-35(34(39)44)18-46-32-25(35)15-26(42-30(32)23-9-6-10-27-31(23)48-19-47-27)24(20-7-4-3-5-8-20)17-40-33(43)21-13-22(16-41-36(37)11-12-36)29(38)28(14-21)45-2/h3-10,13-16,24H,11-12,17-19,38H2,1-2H3,(H2,39,44)(H,40,43)/b41-16+/t24-,35-/m0/s1. The SMILES string of the molecule is COc1cc(C(=O)NC[C@@H](c2ccccc2)c2cc3c(c(-c4cccc5c4OCO5)n2)OC[C@]3(C)C(N)=O)cc(/C=N/C2(F)CC2)c1N. The average molecular weight is 652 g/mol. The van der Waals surface area contributed by atoms with Gasteiger partial charge in [0.25, 0.3) is 5.91 Å². The number of aromatic nitrogens is 1. The van der Waals surface area contributed by atoms with Crippen molar-refractivity contribution in [2.45, 2.75) is 36.9 Å². The minimum atomic E-state index is -1.59. The predicted molar refractivity (Wildman–Crippen MR) is 177 cm³/mol. The maximum Gasteiger partial charge on any atom is 0.251 e. The van der Waals surface area contributed by atoms with Gasteiger partial charge in [0.05, 0.1) is 24.1 Å². The first-order valence-electron chi connectivity index (χ1n) is 15.5. The molecule has 12 heteroatoms. The summed E-state index contributed by atoms with van der Waals surface area (Å²) in [7, 11) is 1.44. The van der Waals surface area contributed by atoms with Gasteiger partial charge in [-0.25, -0.2) is 9.37 Å². The Labute approximate surface area is 276 Å². The zero-order valence-corrected chi connectivity index (χ0v) is 26.4. The first-order valence-corrected chi connectivity index (χ1v) is 15.5. The predicted octanol–water partition coefficient (Wildman–Crippen LogP) is 4.64. The van der Waals surface area contributed by atoms with Crippen LogP contribution >= 0.6 is 0 Å². The Hall–Kier alpha value is -5.65. The molecule has 1 fully saturated rings. The summed E-state index contributed by atoms with van der Waals surface area (Å²) in [6.07, 6.45) is 2.04. The minimum absolute atomic E-state index is 0.0447. The van der Waals surface area contributed by atoms with Crippen LogP contribution in [-0.2, 0) is 10.2 Å². The van der Waals surface area contributed by atoms with E-state index in [2.05, 4.69) is 10.3 Å². The first kappa shape index (κ1) is 31.0. The summed E-state index contributed by atoms with van der Waals surface area (Å²) in [6, 6.07) is 20.0. The number of nitrogens with zero attached hydrogens (tertiary/aromatic N) is 2. The monoisotopic (exact) mass is 651 g/mol. The number of aliphatic imine (C=N–C) groups is 1. The van der Waals surface area contributed by atoms with Gasteiger partial charge in [0, 0.05) is 48.2 Å². The molecule has 0 spiro atoms. The van der Waals surface area contributed by atoms with Crippen LogP contribution in [0.5, 0.6) is 23.0 Å². The summed E-state index contributed by atoms with van der Waals surface area (Å²) in [6.45, 7) is 1.97. The Morgan fingerprint density at radius 1 is 1.08 bits per heavy atom. The normalized spacial score (nSPS) is 19.0. The van der Waals surface area contributed by atoms with Gasteiger partial charge in [-0.05, 0) is 42.8 Å². The summed E-state index contributed by atoms with van der Waals surface area (Å²) >= 11 is 0. The molecule has 0 bridgehead atoms. The topological polar surface area (TPSA) is 160 Å². The molecule has 48 heavy (non-hydrogen) atoms. The largest absolute Gasteiger partial charge is 0.495 e. The Kier molecular flexibility index (Phi) is 7.65. The molecule has 3 aromatic carbocycles. The molecule has 4 aromatic rings. The molecule has 7 rings (SSSR count). The third kappa shape index (κ3) is 5.52. The lowest BCUT2D eigenvalue weighted by Gasteiger charge is -2.23. The Morgan fingerprint density at radius 3 is 2.60 bits per heavy atom. The van der Waals surface area contributed by atoms with Crippen molar-refractivity contribution in [3.63, 3.8) is 0 Å². The van der Waals surface area contributed by atoms with Crippen molar-refractivity contribution in [3.8, 4) is 34.3 Å². The third-order valence-electron chi connectivity index (χ3n) is 9.07. The number of amides is 2. The van der Waals surface area contributed by atoms with Crippen LogP contribution in [0, 0.1) is 0 Å². The summed E-state index contributed by atoms with van der Waals surface area (Å²) in [5, 5.41) is 3.03. The van der Waals surface area contributed by atoms with Gasteiger partial charge in [-0.1, -0.05) is 36.4 Å². The number of nitrogen functional groups attached to an aromatic ring is 1. The van der Waals surface area contributed by atoms with Gasteiger partial charge in [-0.3, -0.25) is 14.6 Å². The summed E-state index contributed by atoms with van der Waals surface area (Å²) in [5.74, 6) is -1.22. The number of para-hydroxylation sites is 1. The number of pyridine rings is 1. The molecule has 0 saturated heterocycles. The molecule has 5 N–H and O–H groups in total. The summed E-state index contributed by atoms with van der Waals surface area (Å²) < 4.78 is 37.2. The van der Waals surface area contributed by atoms with Crippen molar-refractivity contribution < 1.29 is 32.9 Å². The van der Waals surface area contributed by atoms with Crippen molar-refractivity contribution in [2.75, 3.05) is 32.8 Å². The number of hydrogen-bond acceptors (Lipinski definition) is 9. The average Bonchev–Trinajstić information content (AvgIpc) is 3.46. The quantitative estimate of drug-likeness (QED) is 0.127. The van der Waals surface area contributed by atoms with E-state index in [1.54, 1.807) is 19.1 Å².